The Kier molecular flexibility index (Phi) is 4.49. The highest BCUT2D eigenvalue weighted by molar-refractivity contribution is 7.95. The molecule has 0 radical (unpaired) electrons. The van der Waals surface area contributed by atoms with Crippen LogP contribution in [0.5, 0.6) is 5.75 Å². The van der Waals surface area contributed by atoms with E-state index in [1.54, 1.807) is 19.1 Å². The van der Waals surface area contributed by atoms with Gasteiger partial charge in [-0.25, -0.2) is 4.79 Å². The van der Waals surface area contributed by atoms with Crippen molar-refractivity contribution in [2.75, 3.05) is 19.1 Å². The first-order valence-corrected chi connectivity index (χ1v) is 6.70. The summed E-state index contributed by atoms with van der Waals surface area (Å²) in [6.45, 7) is 2.06. The van der Waals surface area contributed by atoms with Crippen molar-refractivity contribution < 1.29 is 14.3 Å². The van der Waals surface area contributed by atoms with E-state index in [4.69, 9.17) is 4.74 Å². The molecule has 0 N–H and O–H groups in total. The summed E-state index contributed by atoms with van der Waals surface area (Å²) in [4.78, 5) is 12.2. The molecule has 0 amide bonds. The first-order chi connectivity index (χ1) is 7.13. The average molecular weight is 227 g/mol. The van der Waals surface area contributed by atoms with E-state index in [2.05, 4.69) is 17.2 Å². The molecule has 0 aliphatic carbocycles. The van der Waals surface area contributed by atoms with Gasteiger partial charge in [0.2, 0.25) is 0 Å². The van der Waals surface area contributed by atoms with Crippen LogP contribution in [0.15, 0.2) is 29.2 Å². The quantitative estimate of drug-likeness (QED) is 0.452. The van der Waals surface area contributed by atoms with E-state index in [1.165, 1.54) is 4.90 Å². The van der Waals surface area contributed by atoms with Crippen LogP contribution in [0.4, 0.5) is 4.79 Å². The van der Waals surface area contributed by atoms with E-state index in [1.807, 2.05) is 12.1 Å². The van der Waals surface area contributed by atoms with E-state index in [0.29, 0.717) is 12.4 Å². The summed E-state index contributed by atoms with van der Waals surface area (Å²) in [6, 6.07) is 7.47. The van der Waals surface area contributed by atoms with Gasteiger partial charge < -0.3 is 9.47 Å². The van der Waals surface area contributed by atoms with E-state index >= 15 is 0 Å². The maximum Gasteiger partial charge on any atom is 0.513 e. The van der Waals surface area contributed by atoms with Gasteiger partial charge in [-0.2, -0.15) is 0 Å². The predicted molar refractivity (Wildman–Crippen MR) is 61.6 cm³/mol. The van der Waals surface area contributed by atoms with Crippen molar-refractivity contribution in [2.24, 2.45) is 0 Å². The summed E-state index contributed by atoms with van der Waals surface area (Å²) >= 11 is 0. The van der Waals surface area contributed by atoms with Gasteiger partial charge in [-0.3, -0.25) is 0 Å². The molecule has 0 fully saturated rings. The lowest BCUT2D eigenvalue weighted by Gasteiger charge is -2.03. The summed E-state index contributed by atoms with van der Waals surface area (Å²) < 4.78 is 9.60. The molecule has 0 aromatic heterocycles. The van der Waals surface area contributed by atoms with Crippen molar-refractivity contribution in [1.29, 1.82) is 0 Å². The number of carbonyl (C=O) groups is 1. The topological polar surface area (TPSA) is 35.5 Å². The van der Waals surface area contributed by atoms with Crippen molar-refractivity contribution in [2.45, 2.75) is 11.8 Å². The van der Waals surface area contributed by atoms with Crippen molar-refractivity contribution in [1.82, 2.24) is 0 Å². The Balaban J connectivity index is 2.60. The van der Waals surface area contributed by atoms with Crippen LogP contribution in [0.2, 0.25) is 0 Å². The molecule has 0 spiro atoms. The lowest BCUT2D eigenvalue weighted by Crippen LogP contribution is -2.10. The zero-order valence-electron chi connectivity index (χ0n) is 9.15. The van der Waals surface area contributed by atoms with Gasteiger partial charge in [-0.15, -0.1) is 0 Å². The third-order valence-electron chi connectivity index (χ3n) is 1.76. The molecule has 0 heterocycles. The van der Waals surface area contributed by atoms with Crippen LogP contribution in [0.1, 0.15) is 6.92 Å². The lowest BCUT2D eigenvalue weighted by molar-refractivity contribution is 0.104. The van der Waals surface area contributed by atoms with Crippen LogP contribution in [-0.2, 0) is 15.6 Å². The number of hydrogen-bond donors (Lipinski definition) is 0. The van der Waals surface area contributed by atoms with E-state index in [-0.39, 0.29) is 10.9 Å². The third kappa shape index (κ3) is 3.83. The lowest BCUT2D eigenvalue weighted by atomic mass is 10.3. The first kappa shape index (κ1) is 11.9. The minimum atomic E-state index is -0.655. The highest BCUT2D eigenvalue weighted by atomic mass is 32.2. The Hall–Kier alpha value is -1.16. The summed E-state index contributed by atoms with van der Waals surface area (Å²) in [7, 11) is 0.225. The van der Waals surface area contributed by atoms with Crippen LogP contribution in [0.25, 0.3) is 0 Å². The molecule has 1 aromatic carbocycles. The van der Waals surface area contributed by atoms with Gasteiger partial charge >= 0.3 is 6.16 Å². The molecule has 0 saturated heterocycles. The van der Waals surface area contributed by atoms with Gasteiger partial charge in [0.1, 0.15) is 18.3 Å². The summed E-state index contributed by atoms with van der Waals surface area (Å²) in [5.74, 6) is 0.516. The van der Waals surface area contributed by atoms with Gasteiger partial charge in [0.05, 0.1) is 6.61 Å². The molecular weight excluding hydrogens is 212 g/mol. The smallest absolute Gasteiger partial charge is 0.434 e. The Labute approximate surface area is 92.7 Å². The molecule has 0 aliphatic rings. The normalized spacial score (nSPS) is 10.1. The largest absolute Gasteiger partial charge is 0.513 e. The molecular formula is C11H15O3S+. The Morgan fingerprint density at radius 1 is 1.27 bits per heavy atom. The van der Waals surface area contributed by atoms with Crippen LogP contribution in [-0.4, -0.2) is 25.3 Å². The van der Waals surface area contributed by atoms with Gasteiger partial charge in [0.25, 0.3) is 0 Å². The second-order valence-corrected chi connectivity index (χ2v) is 5.18. The third-order valence-corrected chi connectivity index (χ3v) is 2.97. The minimum absolute atomic E-state index is 0.225. The zero-order valence-corrected chi connectivity index (χ0v) is 9.97. The van der Waals surface area contributed by atoms with Crippen molar-refractivity contribution in [3.63, 3.8) is 0 Å². The summed E-state index contributed by atoms with van der Waals surface area (Å²) in [5.41, 5.74) is 0. The van der Waals surface area contributed by atoms with Crippen LogP contribution >= 0.6 is 0 Å². The number of hydrogen-bond acceptors (Lipinski definition) is 3. The molecule has 0 bridgehead atoms. The minimum Gasteiger partial charge on any atom is -0.434 e. The molecule has 3 nitrogen and oxygen atoms in total. The van der Waals surface area contributed by atoms with Crippen LogP contribution < -0.4 is 4.74 Å². The van der Waals surface area contributed by atoms with E-state index < -0.39 is 6.16 Å². The number of benzene rings is 1. The fraction of sp³-hybridized carbons (Fsp3) is 0.364. The molecule has 0 saturated carbocycles. The second kappa shape index (κ2) is 5.66. The van der Waals surface area contributed by atoms with Crippen LogP contribution in [0, 0.1) is 0 Å². The Morgan fingerprint density at radius 3 is 2.33 bits per heavy atom. The summed E-state index contributed by atoms with van der Waals surface area (Å²) in [6.07, 6.45) is 3.62. The van der Waals surface area contributed by atoms with Gasteiger partial charge in [-0.05, 0) is 31.2 Å². The molecule has 1 aromatic rings. The fourth-order valence-corrected chi connectivity index (χ4v) is 1.70. The van der Waals surface area contributed by atoms with Gasteiger partial charge in [0.15, 0.2) is 4.90 Å². The number of carbonyl (C=O) groups excluding carboxylic acids is 1. The van der Waals surface area contributed by atoms with Gasteiger partial charge in [0, 0.05) is 10.9 Å². The van der Waals surface area contributed by atoms with Gasteiger partial charge in [-0.1, -0.05) is 0 Å². The molecule has 4 heteroatoms. The van der Waals surface area contributed by atoms with Crippen LogP contribution in [0.3, 0.4) is 0 Å². The highest BCUT2D eigenvalue weighted by Crippen LogP contribution is 2.16. The Bertz CT molecular complexity index is 319. The van der Waals surface area contributed by atoms with E-state index in [0.717, 1.165) is 0 Å². The summed E-state index contributed by atoms with van der Waals surface area (Å²) in [5, 5.41) is 0. The number of ether oxygens (including phenoxy) is 2. The molecule has 0 aliphatic heterocycles. The molecule has 15 heavy (non-hydrogen) atoms. The zero-order chi connectivity index (χ0) is 11.3. The predicted octanol–water partition coefficient (Wildman–Crippen LogP) is 2.46. The van der Waals surface area contributed by atoms with Crippen molar-refractivity contribution in [3.05, 3.63) is 24.3 Å². The van der Waals surface area contributed by atoms with Crippen molar-refractivity contribution in [3.8, 4) is 5.75 Å². The molecule has 0 atom stereocenters. The molecule has 1 rings (SSSR count). The SMILES string of the molecule is CCOC(=O)Oc1ccc([S+](C)C)cc1. The van der Waals surface area contributed by atoms with E-state index in [9.17, 15) is 4.79 Å². The molecule has 0 unspecified atom stereocenters. The Morgan fingerprint density at radius 2 is 1.87 bits per heavy atom. The maximum atomic E-state index is 11.0. The standard InChI is InChI=1S/C11H15O3S/c1-4-13-11(12)14-9-5-7-10(8-6-9)15(2)3/h5-8H,4H2,1-3H3/q+1. The van der Waals surface area contributed by atoms with Crippen molar-refractivity contribution >= 4 is 17.1 Å². The highest BCUT2D eigenvalue weighted by Gasteiger charge is 2.09. The second-order valence-electron chi connectivity index (χ2n) is 3.07. The maximum absolute atomic E-state index is 11.0. The average Bonchev–Trinajstić information content (AvgIpc) is 2.18. The first-order valence-electron chi connectivity index (χ1n) is 4.65. The fourth-order valence-electron chi connectivity index (χ4n) is 1.02. The monoisotopic (exact) mass is 227 g/mol. The molecule has 82 valence electrons. The number of rotatable bonds is 3.